The van der Waals surface area contributed by atoms with Crippen LogP contribution in [0.5, 0.6) is 0 Å². The van der Waals surface area contributed by atoms with Gasteiger partial charge in [-0.1, -0.05) is 25.1 Å². The maximum absolute atomic E-state index is 12.7. The van der Waals surface area contributed by atoms with Crippen molar-refractivity contribution in [2.45, 2.75) is 32.1 Å². The molecule has 0 aliphatic heterocycles. The first kappa shape index (κ1) is 15.4. The molecule has 0 saturated heterocycles. The summed E-state index contributed by atoms with van der Waals surface area (Å²) < 4.78 is 28.0. The minimum Gasteiger partial charge on any atom is -0.399 e. The number of para-hydroxylation sites is 1. The van der Waals surface area contributed by atoms with Crippen molar-refractivity contribution in [3.05, 3.63) is 53.1 Å². The fourth-order valence-electron chi connectivity index (χ4n) is 2.53. The highest BCUT2D eigenvalue weighted by Gasteiger charge is 2.20. The normalized spacial score (nSPS) is 11.4. The predicted octanol–water partition coefficient (Wildman–Crippen LogP) is 3.25. The minimum atomic E-state index is -3.63. The van der Waals surface area contributed by atoms with Gasteiger partial charge in [0.2, 0.25) is 0 Å². The predicted molar refractivity (Wildman–Crippen MR) is 87.0 cm³/mol. The molecule has 2 aromatic carbocycles. The second-order valence-electron chi connectivity index (χ2n) is 5.10. The van der Waals surface area contributed by atoms with E-state index in [4.69, 9.17) is 5.73 Å². The maximum atomic E-state index is 12.7. The zero-order chi connectivity index (χ0) is 15.6. The fraction of sp³-hybridized carbons (Fsp3) is 0.250. The van der Waals surface area contributed by atoms with Gasteiger partial charge in [0.15, 0.2) is 0 Å². The van der Waals surface area contributed by atoms with Crippen LogP contribution < -0.4 is 10.5 Å². The first-order chi connectivity index (χ1) is 9.85. The lowest BCUT2D eigenvalue weighted by molar-refractivity contribution is 0.600. The zero-order valence-electron chi connectivity index (χ0n) is 12.5. The number of nitrogens with two attached hydrogens (primary N) is 1. The number of nitrogen functional groups attached to an aromatic ring is 1. The van der Waals surface area contributed by atoms with Crippen LogP contribution in [-0.4, -0.2) is 8.42 Å². The van der Waals surface area contributed by atoms with E-state index in [-0.39, 0.29) is 0 Å². The third-order valence-corrected chi connectivity index (χ3v) is 5.06. The summed E-state index contributed by atoms with van der Waals surface area (Å²) in [5.41, 5.74) is 9.20. The summed E-state index contributed by atoms with van der Waals surface area (Å²) in [4.78, 5) is 0.294. The smallest absolute Gasteiger partial charge is 0.262 e. The second-order valence-corrected chi connectivity index (χ2v) is 6.72. The van der Waals surface area contributed by atoms with Gasteiger partial charge in [-0.2, -0.15) is 0 Å². The van der Waals surface area contributed by atoms with Gasteiger partial charge in [0, 0.05) is 5.69 Å². The molecule has 0 bridgehead atoms. The lowest BCUT2D eigenvalue weighted by Gasteiger charge is -2.15. The number of hydrogen-bond acceptors (Lipinski definition) is 3. The third-order valence-electron chi connectivity index (χ3n) is 3.39. The molecule has 0 unspecified atom stereocenters. The molecule has 5 heteroatoms. The summed E-state index contributed by atoms with van der Waals surface area (Å²) >= 11 is 0. The van der Waals surface area contributed by atoms with Crippen LogP contribution in [0.1, 0.15) is 23.6 Å². The summed E-state index contributed by atoms with van der Waals surface area (Å²) in [5, 5.41) is 0. The largest absolute Gasteiger partial charge is 0.399 e. The van der Waals surface area contributed by atoms with Crippen LogP contribution in [0.15, 0.2) is 41.3 Å². The number of rotatable bonds is 4. The van der Waals surface area contributed by atoms with E-state index in [0.29, 0.717) is 27.4 Å². The summed E-state index contributed by atoms with van der Waals surface area (Å²) in [6.07, 6.45) is 0.762. The van der Waals surface area contributed by atoms with Crippen LogP contribution in [0.2, 0.25) is 0 Å². The van der Waals surface area contributed by atoms with Gasteiger partial charge in [-0.3, -0.25) is 4.72 Å². The van der Waals surface area contributed by atoms with Crippen molar-refractivity contribution in [1.82, 2.24) is 0 Å². The summed E-state index contributed by atoms with van der Waals surface area (Å²) in [6.45, 7) is 5.50. The van der Waals surface area contributed by atoms with E-state index in [1.165, 1.54) is 0 Å². The Hall–Kier alpha value is -2.01. The maximum Gasteiger partial charge on any atom is 0.262 e. The quantitative estimate of drug-likeness (QED) is 0.852. The van der Waals surface area contributed by atoms with Gasteiger partial charge >= 0.3 is 0 Å². The number of sulfonamides is 1. The third kappa shape index (κ3) is 3.19. The molecule has 0 heterocycles. The molecule has 0 amide bonds. The molecule has 4 nitrogen and oxygen atoms in total. The molecule has 0 spiro atoms. The van der Waals surface area contributed by atoms with Crippen LogP contribution in [0.25, 0.3) is 0 Å². The Morgan fingerprint density at radius 2 is 1.67 bits per heavy atom. The van der Waals surface area contributed by atoms with Gasteiger partial charge in [0.1, 0.15) is 0 Å². The molecular formula is C16H20N2O2S. The lowest BCUT2D eigenvalue weighted by Crippen LogP contribution is -2.17. The number of benzene rings is 2. The van der Waals surface area contributed by atoms with Crippen molar-refractivity contribution in [3.8, 4) is 0 Å². The van der Waals surface area contributed by atoms with E-state index in [1.54, 1.807) is 32.0 Å². The van der Waals surface area contributed by atoms with Crippen molar-refractivity contribution in [2.24, 2.45) is 0 Å². The number of anilines is 2. The molecule has 0 radical (unpaired) electrons. The molecule has 0 saturated carbocycles. The summed E-state index contributed by atoms with van der Waals surface area (Å²) in [6, 6.07) is 10.8. The monoisotopic (exact) mass is 304 g/mol. The molecule has 2 aromatic rings. The van der Waals surface area contributed by atoms with E-state index >= 15 is 0 Å². The Balaban J connectivity index is 2.49. The molecule has 0 aliphatic rings. The van der Waals surface area contributed by atoms with Crippen molar-refractivity contribution in [3.63, 3.8) is 0 Å². The highest BCUT2D eigenvalue weighted by molar-refractivity contribution is 7.92. The summed E-state index contributed by atoms with van der Waals surface area (Å²) in [7, 11) is -3.63. The molecule has 0 aliphatic carbocycles. The van der Waals surface area contributed by atoms with Gasteiger partial charge in [0.05, 0.1) is 10.6 Å². The van der Waals surface area contributed by atoms with Gasteiger partial charge in [-0.15, -0.1) is 0 Å². The summed E-state index contributed by atoms with van der Waals surface area (Å²) in [5.74, 6) is 0. The topological polar surface area (TPSA) is 72.2 Å². The van der Waals surface area contributed by atoms with Crippen LogP contribution in [0.4, 0.5) is 11.4 Å². The molecule has 112 valence electrons. The van der Waals surface area contributed by atoms with Gasteiger partial charge in [-0.05, 0) is 55.2 Å². The van der Waals surface area contributed by atoms with Gasteiger partial charge in [0.25, 0.3) is 10.0 Å². The Bertz CT molecular complexity index is 745. The molecule has 2 rings (SSSR count). The molecular weight excluding hydrogens is 284 g/mol. The number of nitrogens with one attached hydrogen (secondary N) is 1. The van der Waals surface area contributed by atoms with Crippen LogP contribution in [-0.2, 0) is 16.4 Å². The van der Waals surface area contributed by atoms with E-state index in [0.717, 1.165) is 12.0 Å². The molecule has 0 aromatic heterocycles. The van der Waals surface area contributed by atoms with Crippen molar-refractivity contribution >= 4 is 21.4 Å². The van der Waals surface area contributed by atoms with Gasteiger partial charge in [-0.25, -0.2) is 8.42 Å². The Morgan fingerprint density at radius 1 is 1.10 bits per heavy atom. The van der Waals surface area contributed by atoms with Crippen molar-refractivity contribution < 1.29 is 8.42 Å². The Labute approximate surface area is 126 Å². The Morgan fingerprint density at radius 3 is 2.24 bits per heavy atom. The SMILES string of the molecule is CCc1ccccc1NS(=O)(=O)c1c(C)cc(N)cc1C. The standard InChI is InChI=1S/C16H20N2O2S/c1-4-13-7-5-6-8-15(13)18-21(19,20)16-11(2)9-14(17)10-12(16)3/h5-10,18H,4,17H2,1-3H3. The van der Waals surface area contributed by atoms with E-state index in [9.17, 15) is 8.42 Å². The van der Waals surface area contributed by atoms with E-state index in [2.05, 4.69) is 4.72 Å². The second kappa shape index (κ2) is 5.77. The van der Waals surface area contributed by atoms with Crippen LogP contribution in [0.3, 0.4) is 0 Å². The Kier molecular flexibility index (Phi) is 4.23. The van der Waals surface area contributed by atoms with Crippen molar-refractivity contribution in [1.29, 1.82) is 0 Å². The highest BCUT2D eigenvalue weighted by Crippen LogP contribution is 2.26. The van der Waals surface area contributed by atoms with Gasteiger partial charge < -0.3 is 5.73 Å². The molecule has 0 atom stereocenters. The number of aryl methyl sites for hydroxylation is 3. The van der Waals surface area contributed by atoms with E-state index in [1.807, 2.05) is 25.1 Å². The average Bonchev–Trinajstić information content (AvgIpc) is 2.37. The molecule has 0 fully saturated rings. The molecule has 3 N–H and O–H groups in total. The minimum absolute atomic E-state index is 0.294. The first-order valence-electron chi connectivity index (χ1n) is 6.82. The highest BCUT2D eigenvalue weighted by atomic mass is 32.2. The van der Waals surface area contributed by atoms with Crippen LogP contribution in [0, 0.1) is 13.8 Å². The molecule has 21 heavy (non-hydrogen) atoms. The lowest BCUT2D eigenvalue weighted by atomic mass is 10.1. The van der Waals surface area contributed by atoms with Crippen LogP contribution >= 0.6 is 0 Å². The van der Waals surface area contributed by atoms with Crippen molar-refractivity contribution in [2.75, 3.05) is 10.5 Å². The average molecular weight is 304 g/mol. The fourth-order valence-corrected chi connectivity index (χ4v) is 4.09. The number of hydrogen-bond donors (Lipinski definition) is 2. The van der Waals surface area contributed by atoms with E-state index < -0.39 is 10.0 Å². The zero-order valence-corrected chi connectivity index (χ0v) is 13.3. The first-order valence-corrected chi connectivity index (χ1v) is 8.31.